The van der Waals surface area contributed by atoms with Crippen molar-refractivity contribution < 1.29 is 0 Å². The molecule has 3 aliphatic rings. The lowest BCUT2D eigenvalue weighted by Gasteiger charge is -2.43. The zero-order chi connectivity index (χ0) is 33.6. The summed E-state index contributed by atoms with van der Waals surface area (Å²) >= 11 is 0. The molecule has 2 aliphatic heterocycles. The Labute approximate surface area is 296 Å². The molecule has 2 aromatic heterocycles. The second-order valence-electron chi connectivity index (χ2n) is 14.9. The van der Waals surface area contributed by atoms with Gasteiger partial charge < -0.3 is 13.9 Å². The Morgan fingerprint density at radius 3 is 1.98 bits per heavy atom. The second kappa shape index (κ2) is 9.50. The van der Waals surface area contributed by atoms with E-state index in [0.29, 0.717) is 0 Å². The molecule has 51 heavy (non-hydrogen) atoms. The van der Waals surface area contributed by atoms with E-state index < -0.39 is 0 Å². The molecule has 7 aromatic carbocycles. The van der Waals surface area contributed by atoms with Crippen LogP contribution in [0.25, 0.3) is 66.1 Å². The van der Waals surface area contributed by atoms with E-state index in [1.165, 1.54) is 99.6 Å². The molecule has 0 atom stereocenters. The topological polar surface area (TPSA) is 13.1 Å². The third-order valence-corrected chi connectivity index (χ3v) is 12.1. The molecule has 0 N–H and O–H groups in total. The van der Waals surface area contributed by atoms with Gasteiger partial charge in [-0.2, -0.15) is 0 Å². The predicted octanol–water partition coefficient (Wildman–Crippen LogP) is 11.0. The molecular weight excluding hydrogens is 617 g/mol. The average Bonchev–Trinajstić information content (AvgIpc) is 3.77. The maximum absolute atomic E-state index is 2.73. The Hall–Kier alpha value is -6.26. The number of fused-ring (bicyclic) bond motifs is 12. The standard InChI is InChI=1S/C47H32BN3/c1-47(2)36-24-12-9-21-32(36)45-46(47)48-43-34(23-15-27-39(43)50(45)30-18-7-4-8-19-30)42-41-33-22-11-13-25-37(33)49(29-16-5-3-6-17-29)40(41)28-35-31-20-10-14-26-38(31)51(48)44(35)42/h3-28H,1-2H3. The quantitative estimate of drug-likeness (QED) is 0.170. The normalized spacial score (nSPS) is 15.3. The minimum Gasteiger partial charge on any atom is -0.376 e. The molecule has 0 spiro atoms. The zero-order valence-corrected chi connectivity index (χ0v) is 28.4. The fraction of sp³-hybridized carbons (Fsp3) is 0.0638. The Balaban J connectivity index is 1.33. The van der Waals surface area contributed by atoms with E-state index in [1.807, 2.05) is 0 Å². The molecule has 0 amide bonds. The molecule has 0 saturated heterocycles. The predicted molar refractivity (Wildman–Crippen MR) is 215 cm³/mol. The number of aromatic nitrogens is 2. The number of rotatable bonds is 2. The van der Waals surface area contributed by atoms with Crippen LogP contribution in [-0.4, -0.2) is 15.9 Å². The van der Waals surface area contributed by atoms with Crippen molar-refractivity contribution in [2.75, 3.05) is 4.90 Å². The van der Waals surface area contributed by atoms with E-state index >= 15 is 0 Å². The van der Waals surface area contributed by atoms with Crippen molar-refractivity contribution in [2.45, 2.75) is 19.3 Å². The van der Waals surface area contributed by atoms with E-state index in [4.69, 9.17) is 0 Å². The number of hydrogen-bond donors (Lipinski definition) is 0. The first kappa shape index (κ1) is 27.6. The second-order valence-corrected chi connectivity index (χ2v) is 14.9. The lowest BCUT2D eigenvalue weighted by molar-refractivity contribution is 0.663. The lowest BCUT2D eigenvalue weighted by Crippen LogP contribution is -2.52. The van der Waals surface area contributed by atoms with E-state index in [2.05, 4.69) is 186 Å². The van der Waals surface area contributed by atoms with Crippen LogP contribution in [0.5, 0.6) is 0 Å². The van der Waals surface area contributed by atoms with Crippen LogP contribution in [0.4, 0.5) is 11.4 Å². The van der Waals surface area contributed by atoms with Crippen LogP contribution in [0.1, 0.15) is 25.0 Å². The zero-order valence-electron chi connectivity index (χ0n) is 28.4. The summed E-state index contributed by atoms with van der Waals surface area (Å²) in [5.41, 5.74) is 18.1. The molecule has 12 rings (SSSR count). The van der Waals surface area contributed by atoms with Gasteiger partial charge in [0.25, 0.3) is 0 Å². The molecule has 0 fully saturated rings. The maximum atomic E-state index is 2.73. The highest BCUT2D eigenvalue weighted by molar-refractivity contribution is 6.86. The number of para-hydroxylation sites is 4. The monoisotopic (exact) mass is 649 g/mol. The van der Waals surface area contributed by atoms with Crippen LogP contribution in [0.2, 0.25) is 0 Å². The van der Waals surface area contributed by atoms with Gasteiger partial charge in [-0.3, -0.25) is 0 Å². The van der Waals surface area contributed by atoms with Crippen molar-refractivity contribution in [3.05, 3.63) is 174 Å². The van der Waals surface area contributed by atoms with Crippen molar-refractivity contribution >= 4 is 73.0 Å². The molecule has 0 unspecified atom stereocenters. The SMILES string of the molecule is CC1(C)C2=C(c3ccccc31)N(c1ccccc1)c1cccc3c1B2n1c2ccccc2c2cc4c(c-3c21)c1ccccc1n4-c1ccccc1. The molecule has 238 valence electrons. The Morgan fingerprint density at radius 1 is 0.529 bits per heavy atom. The van der Waals surface area contributed by atoms with E-state index in [9.17, 15) is 0 Å². The lowest BCUT2D eigenvalue weighted by atomic mass is 9.40. The third-order valence-electron chi connectivity index (χ3n) is 12.1. The number of allylic oxidation sites excluding steroid dienone is 1. The fourth-order valence-corrected chi connectivity index (χ4v) is 10.1. The summed E-state index contributed by atoms with van der Waals surface area (Å²) in [5, 5.41) is 5.21. The summed E-state index contributed by atoms with van der Waals surface area (Å²) in [6, 6.07) is 58.6. The average molecular weight is 650 g/mol. The molecular formula is C47H32BN3. The van der Waals surface area contributed by atoms with E-state index in [1.54, 1.807) is 0 Å². The van der Waals surface area contributed by atoms with Crippen LogP contribution >= 0.6 is 0 Å². The van der Waals surface area contributed by atoms with E-state index in [-0.39, 0.29) is 12.3 Å². The number of anilines is 2. The first-order chi connectivity index (χ1) is 25.1. The van der Waals surface area contributed by atoms with Crippen molar-refractivity contribution in [2.24, 2.45) is 0 Å². The smallest absolute Gasteiger partial charge is 0.329 e. The van der Waals surface area contributed by atoms with Gasteiger partial charge in [-0.15, -0.1) is 0 Å². The van der Waals surface area contributed by atoms with Crippen LogP contribution < -0.4 is 10.4 Å². The highest BCUT2D eigenvalue weighted by Crippen LogP contribution is 2.57. The van der Waals surface area contributed by atoms with Crippen molar-refractivity contribution in [1.82, 2.24) is 9.05 Å². The Kier molecular flexibility index (Phi) is 5.13. The third kappa shape index (κ3) is 3.27. The highest BCUT2D eigenvalue weighted by atomic mass is 15.2. The van der Waals surface area contributed by atoms with Crippen LogP contribution in [0.15, 0.2) is 163 Å². The van der Waals surface area contributed by atoms with Crippen LogP contribution in [-0.2, 0) is 5.41 Å². The molecule has 0 radical (unpaired) electrons. The molecule has 3 nitrogen and oxygen atoms in total. The minimum atomic E-state index is -0.197. The van der Waals surface area contributed by atoms with Gasteiger partial charge in [0.05, 0.1) is 11.0 Å². The number of nitrogens with zero attached hydrogens (tertiary/aromatic N) is 3. The van der Waals surface area contributed by atoms with Gasteiger partial charge >= 0.3 is 6.85 Å². The highest BCUT2D eigenvalue weighted by Gasteiger charge is 2.53. The number of hydrogen-bond acceptors (Lipinski definition) is 1. The first-order valence-electron chi connectivity index (χ1n) is 18.0. The Bertz CT molecular complexity index is 3000. The molecule has 9 aromatic rings. The molecule has 0 bridgehead atoms. The summed E-state index contributed by atoms with van der Waals surface area (Å²) < 4.78 is 5.20. The summed E-state index contributed by atoms with van der Waals surface area (Å²) in [5.74, 6) is 0. The summed E-state index contributed by atoms with van der Waals surface area (Å²) in [6.45, 7) is 4.92. The largest absolute Gasteiger partial charge is 0.376 e. The summed E-state index contributed by atoms with van der Waals surface area (Å²) in [7, 11) is 0. The summed E-state index contributed by atoms with van der Waals surface area (Å²) in [6.07, 6.45) is 0. The van der Waals surface area contributed by atoms with Gasteiger partial charge in [-0.25, -0.2) is 0 Å². The Morgan fingerprint density at radius 2 is 1.18 bits per heavy atom. The van der Waals surface area contributed by atoms with Gasteiger partial charge in [-0.1, -0.05) is 123 Å². The van der Waals surface area contributed by atoms with Gasteiger partial charge in [0.1, 0.15) is 0 Å². The molecule has 1 aliphatic carbocycles. The van der Waals surface area contributed by atoms with Gasteiger partial charge in [0, 0.05) is 71.9 Å². The van der Waals surface area contributed by atoms with Crippen LogP contribution in [0.3, 0.4) is 0 Å². The summed E-state index contributed by atoms with van der Waals surface area (Å²) in [4.78, 5) is 2.57. The van der Waals surface area contributed by atoms with Crippen molar-refractivity contribution in [3.63, 3.8) is 0 Å². The molecule has 4 heterocycles. The van der Waals surface area contributed by atoms with Crippen molar-refractivity contribution in [3.8, 4) is 16.8 Å². The minimum absolute atomic E-state index is 0.0309. The van der Waals surface area contributed by atoms with Crippen LogP contribution in [0, 0.1) is 0 Å². The van der Waals surface area contributed by atoms with Gasteiger partial charge in [0.15, 0.2) is 0 Å². The fourth-order valence-electron chi connectivity index (χ4n) is 10.1. The molecule has 4 heteroatoms. The molecule has 0 saturated carbocycles. The van der Waals surface area contributed by atoms with Crippen molar-refractivity contribution in [1.29, 1.82) is 0 Å². The first-order valence-corrected chi connectivity index (χ1v) is 18.0. The number of benzene rings is 7. The van der Waals surface area contributed by atoms with Gasteiger partial charge in [-0.05, 0) is 70.6 Å². The maximum Gasteiger partial charge on any atom is 0.329 e. The van der Waals surface area contributed by atoms with Gasteiger partial charge in [0.2, 0.25) is 0 Å². The van der Waals surface area contributed by atoms with E-state index in [0.717, 1.165) is 0 Å².